The van der Waals surface area contributed by atoms with Gasteiger partial charge in [-0.2, -0.15) is 9.29 Å². The molecular weight excluding hydrogens is 397 g/mol. The summed E-state index contributed by atoms with van der Waals surface area (Å²) < 4.78 is 27.2. The zero-order chi connectivity index (χ0) is 18.9. The van der Waals surface area contributed by atoms with E-state index in [4.69, 9.17) is 23.2 Å². The van der Waals surface area contributed by atoms with Gasteiger partial charge >= 0.3 is 0 Å². The van der Waals surface area contributed by atoms with Crippen LogP contribution in [0.25, 0.3) is 0 Å². The zero-order valence-corrected chi connectivity index (χ0v) is 16.8. The van der Waals surface area contributed by atoms with Crippen LogP contribution in [-0.2, 0) is 10.0 Å². The molecule has 0 radical (unpaired) electrons. The van der Waals surface area contributed by atoms with Crippen LogP contribution in [0.1, 0.15) is 0 Å². The first kappa shape index (κ1) is 19.2. The minimum atomic E-state index is -3.70. The Balaban J connectivity index is 1.76. The Morgan fingerprint density at radius 1 is 1.08 bits per heavy atom. The lowest BCUT2D eigenvalue weighted by atomic mass is 10.4. The molecule has 1 fully saturated rings. The average Bonchev–Trinajstić information content (AvgIpc) is 2.64. The molecule has 3 rings (SSSR count). The van der Waals surface area contributed by atoms with Gasteiger partial charge in [-0.05, 0) is 18.2 Å². The second-order valence-corrected chi connectivity index (χ2v) is 8.74. The molecule has 1 aliphatic rings. The van der Waals surface area contributed by atoms with E-state index in [1.54, 1.807) is 18.3 Å². The van der Waals surface area contributed by atoms with Crippen LogP contribution in [0.2, 0.25) is 10.0 Å². The third kappa shape index (κ3) is 3.73. The van der Waals surface area contributed by atoms with Gasteiger partial charge in [0.05, 0.1) is 10.0 Å². The van der Waals surface area contributed by atoms with Crippen LogP contribution < -0.4 is 9.80 Å². The van der Waals surface area contributed by atoms with Crippen LogP contribution >= 0.6 is 23.2 Å². The summed E-state index contributed by atoms with van der Waals surface area (Å²) in [4.78, 5) is 12.7. The largest absolute Gasteiger partial charge is 0.363 e. The van der Waals surface area contributed by atoms with Crippen molar-refractivity contribution in [3.63, 3.8) is 0 Å². The SMILES string of the molecule is CN(C)c1ccnc(N2CCN(S(=O)(=O)c3cccc(Cl)c3Cl)CC2)n1. The Hall–Kier alpha value is -1.61. The smallest absolute Gasteiger partial charge is 0.244 e. The third-order valence-electron chi connectivity index (χ3n) is 4.14. The molecule has 1 saturated heterocycles. The van der Waals surface area contributed by atoms with E-state index >= 15 is 0 Å². The van der Waals surface area contributed by atoms with Crippen LogP contribution in [-0.4, -0.2) is 63.0 Å². The van der Waals surface area contributed by atoms with E-state index in [0.717, 1.165) is 5.82 Å². The average molecular weight is 416 g/mol. The predicted molar refractivity (Wildman–Crippen MR) is 104 cm³/mol. The summed E-state index contributed by atoms with van der Waals surface area (Å²) in [6.45, 7) is 1.63. The summed E-state index contributed by atoms with van der Waals surface area (Å²) in [5.41, 5.74) is 0. The minimum Gasteiger partial charge on any atom is -0.363 e. The van der Waals surface area contributed by atoms with Gasteiger partial charge in [0.15, 0.2) is 0 Å². The van der Waals surface area contributed by atoms with Crippen molar-refractivity contribution in [2.24, 2.45) is 0 Å². The Morgan fingerprint density at radius 3 is 2.42 bits per heavy atom. The van der Waals surface area contributed by atoms with Crippen LogP contribution in [0.3, 0.4) is 0 Å². The van der Waals surface area contributed by atoms with Crippen molar-refractivity contribution in [3.05, 3.63) is 40.5 Å². The normalized spacial score (nSPS) is 15.9. The molecule has 2 heterocycles. The first-order valence-corrected chi connectivity index (χ1v) is 10.2. The lowest BCUT2D eigenvalue weighted by molar-refractivity contribution is 0.382. The molecule has 1 aliphatic heterocycles. The maximum absolute atomic E-state index is 12.9. The van der Waals surface area contributed by atoms with E-state index in [0.29, 0.717) is 32.1 Å². The highest BCUT2D eigenvalue weighted by Crippen LogP contribution is 2.31. The second-order valence-electron chi connectivity index (χ2n) is 6.05. The molecule has 0 bridgehead atoms. The molecule has 7 nitrogen and oxygen atoms in total. The fourth-order valence-corrected chi connectivity index (χ4v) is 4.85. The van der Waals surface area contributed by atoms with Crippen molar-refractivity contribution >= 4 is 45.0 Å². The number of anilines is 2. The molecular formula is C16H19Cl2N5O2S. The van der Waals surface area contributed by atoms with Gasteiger partial charge in [0.1, 0.15) is 10.7 Å². The summed E-state index contributed by atoms with van der Waals surface area (Å²) in [7, 11) is 0.115. The molecule has 1 aromatic carbocycles. The monoisotopic (exact) mass is 415 g/mol. The van der Waals surface area contributed by atoms with Crippen LogP contribution in [0, 0.1) is 0 Å². The lowest BCUT2D eigenvalue weighted by Gasteiger charge is -2.34. The Labute approximate surface area is 163 Å². The van der Waals surface area contributed by atoms with E-state index < -0.39 is 10.0 Å². The highest BCUT2D eigenvalue weighted by molar-refractivity contribution is 7.89. The van der Waals surface area contributed by atoms with Crippen LogP contribution in [0.4, 0.5) is 11.8 Å². The van der Waals surface area contributed by atoms with E-state index in [1.807, 2.05) is 30.0 Å². The maximum Gasteiger partial charge on any atom is 0.244 e. The lowest BCUT2D eigenvalue weighted by Crippen LogP contribution is -2.49. The molecule has 0 N–H and O–H groups in total. The molecule has 0 atom stereocenters. The molecule has 0 unspecified atom stereocenters. The standard InChI is InChI=1S/C16H19Cl2N5O2S/c1-21(2)14-6-7-19-16(20-14)22-8-10-23(11-9-22)26(24,25)13-5-3-4-12(17)15(13)18/h3-7H,8-11H2,1-2H3. The molecule has 0 amide bonds. The number of aromatic nitrogens is 2. The number of hydrogen-bond donors (Lipinski definition) is 0. The number of hydrogen-bond acceptors (Lipinski definition) is 6. The number of rotatable bonds is 4. The molecule has 0 saturated carbocycles. The fourth-order valence-electron chi connectivity index (χ4n) is 2.69. The third-order valence-corrected chi connectivity index (χ3v) is 7.01. The molecule has 1 aromatic heterocycles. The Kier molecular flexibility index (Phi) is 5.57. The topological polar surface area (TPSA) is 69.6 Å². The molecule has 10 heteroatoms. The molecule has 140 valence electrons. The van der Waals surface area contributed by atoms with E-state index in [1.165, 1.54) is 10.4 Å². The molecule has 0 spiro atoms. The maximum atomic E-state index is 12.9. The van der Waals surface area contributed by atoms with Gasteiger partial charge in [-0.3, -0.25) is 0 Å². The van der Waals surface area contributed by atoms with Crippen LogP contribution in [0.15, 0.2) is 35.4 Å². The van der Waals surface area contributed by atoms with Gasteiger partial charge in [0.25, 0.3) is 0 Å². The number of nitrogens with zero attached hydrogens (tertiary/aromatic N) is 5. The highest BCUT2D eigenvalue weighted by atomic mass is 35.5. The Morgan fingerprint density at radius 2 is 1.77 bits per heavy atom. The number of piperazine rings is 1. The molecule has 0 aliphatic carbocycles. The van der Waals surface area contributed by atoms with Crippen molar-refractivity contribution < 1.29 is 8.42 Å². The summed E-state index contributed by atoms with van der Waals surface area (Å²) in [5, 5.41) is 0.277. The summed E-state index contributed by atoms with van der Waals surface area (Å²) in [6.07, 6.45) is 1.70. The van der Waals surface area contributed by atoms with Crippen molar-refractivity contribution in [1.29, 1.82) is 0 Å². The predicted octanol–water partition coefficient (Wildman–Crippen LogP) is 2.36. The van der Waals surface area contributed by atoms with E-state index in [9.17, 15) is 8.42 Å². The van der Waals surface area contributed by atoms with Gasteiger partial charge in [0.2, 0.25) is 16.0 Å². The minimum absolute atomic E-state index is 0.0333. The van der Waals surface area contributed by atoms with Crippen molar-refractivity contribution in [2.75, 3.05) is 50.1 Å². The number of halogens is 2. The Bertz CT molecular complexity index is 899. The summed E-state index contributed by atoms with van der Waals surface area (Å²) >= 11 is 12.1. The number of sulfonamides is 1. The molecule has 2 aromatic rings. The first-order chi connectivity index (χ1) is 12.3. The number of benzene rings is 1. The van der Waals surface area contributed by atoms with Gasteiger partial charge < -0.3 is 9.80 Å². The van der Waals surface area contributed by atoms with Crippen LogP contribution in [0.5, 0.6) is 0 Å². The van der Waals surface area contributed by atoms with Gasteiger partial charge in [-0.15, -0.1) is 0 Å². The van der Waals surface area contributed by atoms with E-state index in [2.05, 4.69) is 9.97 Å². The second kappa shape index (κ2) is 7.56. The van der Waals surface area contributed by atoms with Crippen molar-refractivity contribution in [3.8, 4) is 0 Å². The van der Waals surface area contributed by atoms with Gasteiger partial charge in [-0.1, -0.05) is 29.3 Å². The summed E-state index contributed by atoms with van der Waals surface area (Å²) in [5.74, 6) is 1.39. The van der Waals surface area contributed by atoms with Gasteiger partial charge in [-0.25, -0.2) is 13.4 Å². The highest BCUT2D eigenvalue weighted by Gasteiger charge is 2.31. The van der Waals surface area contributed by atoms with Crippen molar-refractivity contribution in [1.82, 2.24) is 14.3 Å². The van der Waals surface area contributed by atoms with Crippen molar-refractivity contribution in [2.45, 2.75) is 4.90 Å². The first-order valence-electron chi connectivity index (χ1n) is 8.00. The van der Waals surface area contributed by atoms with Gasteiger partial charge in [0, 0.05) is 46.5 Å². The fraction of sp³-hybridized carbons (Fsp3) is 0.375. The van der Waals surface area contributed by atoms with E-state index in [-0.39, 0.29) is 14.9 Å². The quantitative estimate of drug-likeness (QED) is 0.762. The molecule has 26 heavy (non-hydrogen) atoms. The summed E-state index contributed by atoms with van der Waals surface area (Å²) in [6, 6.07) is 6.44. The zero-order valence-electron chi connectivity index (χ0n) is 14.4.